The molecular weight excluding hydrogens is 346 g/mol. The maximum atomic E-state index is 9.45. The van der Waals surface area contributed by atoms with Crippen LogP contribution in [0.3, 0.4) is 0 Å². The number of hydrogen-bond donors (Lipinski definition) is 1. The quantitative estimate of drug-likeness (QED) is 0.883. The minimum Gasteiger partial charge on any atom is -0.675 e. The van der Waals surface area contributed by atoms with Gasteiger partial charge in [-0.15, -0.1) is 6.54 Å². The Hall–Kier alpha value is -0.172. The van der Waals surface area contributed by atoms with E-state index in [0.29, 0.717) is 0 Å². The normalized spacial score (nSPS) is 12.0. The van der Waals surface area contributed by atoms with Crippen molar-refractivity contribution in [3.05, 3.63) is 40.6 Å². The number of aryl methyl sites for hydroxylation is 2. The Morgan fingerprint density at radius 1 is 1.43 bits per heavy atom. The number of benzene rings is 1. The molecular formula is C11H16NOW-. The summed E-state index contributed by atoms with van der Waals surface area (Å²) in [6.45, 7) is 4.20. The van der Waals surface area contributed by atoms with E-state index in [1.165, 1.54) is 11.1 Å². The monoisotopic (exact) mass is 362 g/mol. The molecule has 3 heteroatoms. The zero-order chi connectivity index (χ0) is 9.84. The van der Waals surface area contributed by atoms with E-state index < -0.39 is 6.10 Å². The zero-order valence-electron chi connectivity index (χ0n) is 8.58. The molecule has 78 valence electrons. The fourth-order valence-electron chi connectivity index (χ4n) is 1.40. The van der Waals surface area contributed by atoms with Crippen LogP contribution in [0.25, 0.3) is 5.73 Å². The molecule has 0 aliphatic heterocycles. The summed E-state index contributed by atoms with van der Waals surface area (Å²) in [6, 6.07) is 5.90. The Labute approximate surface area is 99.8 Å². The van der Waals surface area contributed by atoms with Crippen LogP contribution in [0.4, 0.5) is 0 Å². The molecule has 0 radical (unpaired) electrons. The molecule has 0 aliphatic carbocycles. The molecule has 1 aromatic carbocycles. The topological polar surface area (TPSA) is 44.0 Å². The Morgan fingerprint density at radius 2 is 2.07 bits per heavy atom. The summed E-state index contributed by atoms with van der Waals surface area (Å²) in [5, 5.41) is 9.45. The molecule has 2 N–H and O–H groups in total. The number of aliphatic hydroxyl groups is 1. The van der Waals surface area contributed by atoms with E-state index in [2.05, 4.69) is 13.8 Å². The second-order valence-electron chi connectivity index (χ2n) is 3.26. The summed E-state index contributed by atoms with van der Waals surface area (Å²) in [7, 11) is 0. The third kappa shape index (κ3) is 3.20. The predicted molar refractivity (Wildman–Crippen MR) is 54.7 cm³/mol. The Kier molecular flexibility index (Phi) is 6.26. The average Bonchev–Trinajstić information content (AvgIpc) is 2.17. The van der Waals surface area contributed by atoms with Gasteiger partial charge >= 0.3 is 0 Å². The average molecular weight is 362 g/mol. The van der Waals surface area contributed by atoms with E-state index in [1.807, 2.05) is 18.2 Å². The van der Waals surface area contributed by atoms with Crippen molar-refractivity contribution in [2.24, 2.45) is 0 Å². The first-order chi connectivity index (χ1) is 6.19. The van der Waals surface area contributed by atoms with Gasteiger partial charge in [-0.25, -0.2) is 0 Å². The van der Waals surface area contributed by atoms with E-state index in [0.717, 1.165) is 12.0 Å². The molecule has 0 saturated carbocycles. The molecule has 0 spiro atoms. The van der Waals surface area contributed by atoms with Crippen LogP contribution >= 0.6 is 0 Å². The number of nitrogens with one attached hydrogen (secondary N) is 1. The molecule has 1 rings (SSSR count). The molecule has 0 aromatic heterocycles. The largest absolute Gasteiger partial charge is 0.675 e. The molecule has 0 amide bonds. The van der Waals surface area contributed by atoms with Crippen molar-refractivity contribution in [3.63, 3.8) is 0 Å². The fraction of sp³-hybridized carbons (Fsp3) is 0.455. The van der Waals surface area contributed by atoms with Crippen molar-refractivity contribution in [1.29, 1.82) is 0 Å². The molecule has 2 nitrogen and oxygen atoms in total. The van der Waals surface area contributed by atoms with Crippen LogP contribution < -0.4 is 0 Å². The van der Waals surface area contributed by atoms with Crippen LogP contribution in [-0.4, -0.2) is 11.7 Å². The van der Waals surface area contributed by atoms with Gasteiger partial charge in [0.05, 0.1) is 6.10 Å². The van der Waals surface area contributed by atoms with Gasteiger partial charge in [0.15, 0.2) is 0 Å². The summed E-state index contributed by atoms with van der Waals surface area (Å²) in [6.07, 6.45) is 0.343. The van der Waals surface area contributed by atoms with Crippen LogP contribution in [0.1, 0.15) is 29.7 Å². The second-order valence-corrected chi connectivity index (χ2v) is 3.26. The molecule has 0 aliphatic rings. The van der Waals surface area contributed by atoms with Gasteiger partial charge in [-0.2, -0.15) is 0 Å². The van der Waals surface area contributed by atoms with Crippen molar-refractivity contribution < 1.29 is 26.2 Å². The summed E-state index contributed by atoms with van der Waals surface area (Å²) in [5.74, 6) is 0. The first kappa shape index (κ1) is 13.8. The van der Waals surface area contributed by atoms with Gasteiger partial charge in [0.1, 0.15) is 0 Å². The van der Waals surface area contributed by atoms with Crippen molar-refractivity contribution in [2.75, 3.05) is 6.54 Å². The molecule has 0 bridgehead atoms. The van der Waals surface area contributed by atoms with Crippen molar-refractivity contribution in [2.45, 2.75) is 26.4 Å². The molecule has 0 fully saturated rings. The Bertz CT molecular complexity index is 289. The summed E-state index contributed by atoms with van der Waals surface area (Å²) in [5.41, 5.74) is 10.4. The van der Waals surface area contributed by atoms with E-state index in [1.54, 1.807) is 0 Å². The second kappa shape index (κ2) is 6.34. The molecule has 0 heterocycles. The van der Waals surface area contributed by atoms with E-state index in [-0.39, 0.29) is 27.6 Å². The zero-order valence-corrected chi connectivity index (χ0v) is 11.5. The van der Waals surface area contributed by atoms with Crippen LogP contribution in [0.2, 0.25) is 0 Å². The molecule has 1 unspecified atom stereocenters. The van der Waals surface area contributed by atoms with Crippen molar-refractivity contribution in [1.82, 2.24) is 0 Å². The summed E-state index contributed by atoms with van der Waals surface area (Å²) < 4.78 is 0. The summed E-state index contributed by atoms with van der Waals surface area (Å²) >= 11 is 0. The maximum absolute atomic E-state index is 9.45. The smallest absolute Gasteiger partial charge is 0.0601 e. The van der Waals surface area contributed by atoms with Gasteiger partial charge in [0.2, 0.25) is 0 Å². The SMILES string of the molecule is CCc1cc(C(O)C[NH-])ccc1C.[W]. The number of aliphatic hydroxyl groups excluding tert-OH is 1. The van der Waals surface area contributed by atoms with Crippen LogP contribution in [0.5, 0.6) is 0 Å². The Morgan fingerprint density at radius 3 is 2.57 bits per heavy atom. The van der Waals surface area contributed by atoms with Crippen molar-refractivity contribution >= 4 is 0 Å². The number of rotatable bonds is 3. The minimum absolute atomic E-state index is 0. The van der Waals surface area contributed by atoms with E-state index in [9.17, 15) is 5.11 Å². The van der Waals surface area contributed by atoms with Crippen LogP contribution in [0, 0.1) is 6.92 Å². The van der Waals surface area contributed by atoms with Crippen LogP contribution in [0.15, 0.2) is 18.2 Å². The van der Waals surface area contributed by atoms with Crippen molar-refractivity contribution in [3.8, 4) is 0 Å². The number of hydrogen-bond acceptors (Lipinski definition) is 1. The predicted octanol–water partition coefficient (Wildman–Crippen LogP) is 2.64. The van der Waals surface area contributed by atoms with Gasteiger partial charge in [-0.1, -0.05) is 25.1 Å². The first-order valence-electron chi connectivity index (χ1n) is 4.61. The minimum atomic E-state index is -0.633. The maximum Gasteiger partial charge on any atom is 0.0601 e. The standard InChI is InChI=1S/C11H16NO.W/c1-3-9-6-10(11(13)7-12)5-4-8(9)2;/h4-6,11-13H,3,7H2,1-2H3;/q-1;. The third-order valence-corrected chi connectivity index (χ3v) is 2.33. The van der Waals surface area contributed by atoms with Gasteiger partial charge in [-0.3, -0.25) is 0 Å². The van der Waals surface area contributed by atoms with E-state index in [4.69, 9.17) is 5.73 Å². The van der Waals surface area contributed by atoms with Gasteiger partial charge in [0.25, 0.3) is 0 Å². The van der Waals surface area contributed by atoms with Gasteiger partial charge < -0.3 is 10.8 Å². The van der Waals surface area contributed by atoms with Gasteiger partial charge in [-0.05, 0) is 30.0 Å². The first-order valence-corrected chi connectivity index (χ1v) is 4.61. The Balaban J connectivity index is 0.00000169. The third-order valence-electron chi connectivity index (χ3n) is 2.33. The molecule has 0 saturated heterocycles. The fourth-order valence-corrected chi connectivity index (χ4v) is 1.40. The van der Waals surface area contributed by atoms with Gasteiger partial charge in [0, 0.05) is 21.1 Å². The molecule has 1 atom stereocenters. The molecule has 1 aromatic rings. The summed E-state index contributed by atoms with van der Waals surface area (Å²) in [4.78, 5) is 0. The van der Waals surface area contributed by atoms with E-state index >= 15 is 0 Å². The molecule has 14 heavy (non-hydrogen) atoms. The van der Waals surface area contributed by atoms with Crippen LogP contribution in [-0.2, 0) is 27.5 Å².